The second-order valence-electron chi connectivity index (χ2n) is 3.72. The third kappa shape index (κ3) is 3.74. The van der Waals surface area contributed by atoms with Crippen molar-refractivity contribution in [1.29, 1.82) is 0 Å². The number of allylic oxidation sites excluding steroid dienone is 1. The molecule has 0 aliphatic rings. The number of nitrogen functional groups attached to an aromatic ring is 1. The molecule has 5 nitrogen and oxygen atoms in total. The molecular formula is C11H18N4OS. The van der Waals surface area contributed by atoms with Crippen molar-refractivity contribution in [2.75, 3.05) is 31.3 Å². The van der Waals surface area contributed by atoms with Crippen LogP contribution in [0.3, 0.4) is 0 Å². The molecule has 0 aliphatic heterocycles. The van der Waals surface area contributed by atoms with Gasteiger partial charge in [-0.3, -0.25) is 4.79 Å². The van der Waals surface area contributed by atoms with Crippen molar-refractivity contribution in [3.05, 3.63) is 17.0 Å². The number of hydrogen-bond acceptors (Lipinski definition) is 5. The predicted molar refractivity (Wildman–Crippen MR) is 72.6 cm³/mol. The Morgan fingerprint density at radius 2 is 2.29 bits per heavy atom. The van der Waals surface area contributed by atoms with E-state index in [1.165, 1.54) is 11.3 Å². The van der Waals surface area contributed by atoms with E-state index in [0.29, 0.717) is 17.2 Å². The van der Waals surface area contributed by atoms with Gasteiger partial charge in [0, 0.05) is 20.6 Å². The Morgan fingerprint density at radius 3 is 2.82 bits per heavy atom. The lowest BCUT2D eigenvalue weighted by molar-refractivity contribution is 0.0959. The third-order valence-corrected chi connectivity index (χ3v) is 3.30. The van der Waals surface area contributed by atoms with Gasteiger partial charge in [0.05, 0.1) is 0 Å². The number of nitrogens with one attached hydrogen (secondary N) is 1. The van der Waals surface area contributed by atoms with E-state index in [2.05, 4.69) is 10.3 Å². The zero-order chi connectivity index (χ0) is 12.8. The van der Waals surface area contributed by atoms with Crippen LogP contribution in [-0.2, 0) is 0 Å². The molecule has 0 spiro atoms. The average molecular weight is 254 g/mol. The molecule has 1 amide bonds. The monoisotopic (exact) mass is 254 g/mol. The van der Waals surface area contributed by atoms with Gasteiger partial charge in [0.2, 0.25) is 0 Å². The number of aromatic nitrogens is 1. The molecular weight excluding hydrogens is 236 g/mol. The van der Waals surface area contributed by atoms with Gasteiger partial charge >= 0.3 is 0 Å². The van der Waals surface area contributed by atoms with Crippen LogP contribution in [-0.4, -0.2) is 31.5 Å². The summed E-state index contributed by atoms with van der Waals surface area (Å²) in [6.45, 7) is 2.56. The van der Waals surface area contributed by atoms with Crippen molar-refractivity contribution in [1.82, 2.24) is 10.3 Å². The molecule has 0 unspecified atom stereocenters. The zero-order valence-electron chi connectivity index (χ0n) is 10.4. The van der Waals surface area contributed by atoms with Crippen molar-refractivity contribution in [3.63, 3.8) is 0 Å². The molecule has 3 N–H and O–H groups in total. The van der Waals surface area contributed by atoms with Crippen LogP contribution in [0.5, 0.6) is 0 Å². The standard InChI is InChI=1S/C11H18N4OS/c1-4-5-6-7-13-10(16)8-9(12)14-11(17-8)15(2)3/h4-5H,6-7,12H2,1-3H3,(H,13,16)/b5-4+. The third-order valence-electron chi connectivity index (χ3n) is 2.06. The first-order chi connectivity index (χ1) is 8.06. The summed E-state index contributed by atoms with van der Waals surface area (Å²) in [4.78, 5) is 18.2. The van der Waals surface area contributed by atoms with Gasteiger partial charge in [-0.15, -0.1) is 0 Å². The minimum Gasteiger partial charge on any atom is -0.382 e. The SMILES string of the molecule is C/C=C/CCNC(=O)c1sc(N(C)C)nc1N. The number of carbonyl (C=O) groups excluding carboxylic acids is 1. The van der Waals surface area contributed by atoms with E-state index in [1.54, 1.807) is 0 Å². The molecule has 6 heteroatoms. The average Bonchev–Trinajstić information content (AvgIpc) is 2.67. The van der Waals surface area contributed by atoms with Crippen LogP contribution in [0, 0.1) is 0 Å². The Morgan fingerprint density at radius 1 is 1.59 bits per heavy atom. The van der Waals surface area contributed by atoms with Gasteiger partial charge in [-0.25, -0.2) is 4.98 Å². The number of carbonyl (C=O) groups is 1. The van der Waals surface area contributed by atoms with Gasteiger partial charge in [0.15, 0.2) is 5.13 Å². The van der Waals surface area contributed by atoms with Gasteiger partial charge in [0.1, 0.15) is 10.7 Å². The van der Waals surface area contributed by atoms with Gasteiger partial charge in [-0.1, -0.05) is 23.5 Å². The normalized spacial score (nSPS) is 10.8. The van der Waals surface area contributed by atoms with Crippen LogP contribution < -0.4 is 16.0 Å². The van der Waals surface area contributed by atoms with E-state index in [1.807, 2.05) is 38.1 Å². The Hall–Kier alpha value is -1.56. The van der Waals surface area contributed by atoms with Gasteiger partial charge in [0.25, 0.3) is 5.91 Å². The van der Waals surface area contributed by atoms with E-state index in [-0.39, 0.29) is 5.91 Å². The Bertz CT molecular complexity index is 412. The van der Waals surface area contributed by atoms with Crippen molar-refractivity contribution in [2.24, 2.45) is 0 Å². The number of anilines is 2. The van der Waals surface area contributed by atoms with Crippen LogP contribution in [0.2, 0.25) is 0 Å². The van der Waals surface area contributed by atoms with Crippen LogP contribution in [0.4, 0.5) is 10.9 Å². The van der Waals surface area contributed by atoms with Gasteiger partial charge in [-0.2, -0.15) is 0 Å². The lowest BCUT2D eigenvalue weighted by Gasteiger charge is -2.05. The molecule has 0 atom stereocenters. The zero-order valence-corrected chi connectivity index (χ0v) is 11.2. The molecule has 0 aromatic carbocycles. The fraction of sp³-hybridized carbons (Fsp3) is 0.455. The van der Waals surface area contributed by atoms with E-state index >= 15 is 0 Å². The Kier molecular flexibility index (Phi) is 4.96. The van der Waals surface area contributed by atoms with Crippen LogP contribution in [0.1, 0.15) is 23.0 Å². The first kappa shape index (κ1) is 13.5. The number of nitrogens with two attached hydrogens (primary N) is 1. The van der Waals surface area contributed by atoms with Crippen LogP contribution >= 0.6 is 11.3 Å². The molecule has 1 heterocycles. The fourth-order valence-electron chi connectivity index (χ4n) is 1.19. The molecule has 0 bridgehead atoms. The summed E-state index contributed by atoms with van der Waals surface area (Å²) < 4.78 is 0. The maximum absolute atomic E-state index is 11.8. The predicted octanol–water partition coefficient (Wildman–Crippen LogP) is 1.49. The summed E-state index contributed by atoms with van der Waals surface area (Å²) >= 11 is 1.30. The fourth-order valence-corrected chi connectivity index (χ4v) is 2.01. The molecule has 0 fully saturated rings. The maximum atomic E-state index is 11.8. The summed E-state index contributed by atoms with van der Waals surface area (Å²) in [5.74, 6) is 0.139. The minimum atomic E-state index is -0.155. The highest BCUT2D eigenvalue weighted by Gasteiger charge is 2.16. The Balaban J connectivity index is 2.62. The highest BCUT2D eigenvalue weighted by atomic mass is 32.1. The maximum Gasteiger partial charge on any atom is 0.265 e. The molecule has 1 aromatic heterocycles. The van der Waals surface area contributed by atoms with E-state index in [0.717, 1.165) is 11.6 Å². The molecule has 0 radical (unpaired) electrons. The largest absolute Gasteiger partial charge is 0.382 e. The summed E-state index contributed by atoms with van der Waals surface area (Å²) in [7, 11) is 3.73. The Labute approximate surface area is 105 Å². The second kappa shape index (κ2) is 6.24. The van der Waals surface area contributed by atoms with Crippen molar-refractivity contribution < 1.29 is 4.79 Å². The summed E-state index contributed by atoms with van der Waals surface area (Å²) in [6, 6.07) is 0. The smallest absolute Gasteiger partial charge is 0.265 e. The first-order valence-corrected chi connectivity index (χ1v) is 6.21. The van der Waals surface area contributed by atoms with Gasteiger partial charge < -0.3 is 16.0 Å². The number of hydrogen-bond donors (Lipinski definition) is 2. The summed E-state index contributed by atoms with van der Waals surface area (Å²) in [5, 5.41) is 3.55. The number of rotatable bonds is 5. The van der Waals surface area contributed by atoms with E-state index in [4.69, 9.17) is 5.73 Å². The number of amides is 1. The molecule has 1 rings (SSSR count). The minimum absolute atomic E-state index is 0.155. The molecule has 0 saturated heterocycles. The molecule has 17 heavy (non-hydrogen) atoms. The summed E-state index contributed by atoms with van der Waals surface area (Å²) in [5.41, 5.74) is 5.71. The highest BCUT2D eigenvalue weighted by Crippen LogP contribution is 2.26. The molecule has 0 saturated carbocycles. The van der Waals surface area contributed by atoms with Crippen molar-refractivity contribution >= 4 is 28.2 Å². The van der Waals surface area contributed by atoms with Crippen molar-refractivity contribution in [3.8, 4) is 0 Å². The second-order valence-corrected chi connectivity index (χ2v) is 4.70. The molecule has 94 valence electrons. The van der Waals surface area contributed by atoms with Crippen LogP contribution in [0.15, 0.2) is 12.2 Å². The number of thiazole rings is 1. The van der Waals surface area contributed by atoms with E-state index in [9.17, 15) is 4.79 Å². The lowest BCUT2D eigenvalue weighted by atomic mass is 10.3. The topological polar surface area (TPSA) is 71.2 Å². The first-order valence-electron chi connectivity index (χ1n) is 5.39. The van der Waals surface area contributed by atoms with Crippen LogP contribution in [0.25, 0.3) is 0 Å². The summed E-state index contributed by atoms with van der Waals surface area (Å²) in [6.07, 6.45) is 4.78. The molecule has 1 aromatic rings. The van der Waals surface area contributed by atoms with Gasteiger partial charge in [-0.05, 0) is 13.3 Å². The number of nitrogens with zero attached hydrogens (tertiary/aromatic N) is 2. The quantitative estimate of drug-likeness (QED) is 0.617. The highest BCUT2D eigenvalue weighted by molar-refractivity contribution is 7.18. The lowest BCUT2D eigenvalue weighted by Crippen LogP contribution is -2.24. The molecule has 0 aliphatic carbocycles. The van der Waals surface area contributed by atoms with Crippen molar-refractivity contribution in [2.45, 2.75) is 13.3 Å². The van der Waals surface area contributed by atoms with E-state index < -0.39 is 0 Å².